The van der Waals surface area contributed by atoms with Gasteiger partial charge < -0.3 is 9.94 Å². The van der Waals surface area contributed by atoms with E-state index in [0.717, 1.165) is 16.2 Å². The molecule has 0 aliphatic heterocycles. The van der Waals surface area contributed by atoms with Gasteiger partial charge in [-0.15, -0.1) is 16.5 Å². The third-order valence-electron chi connectivity index (χ3n) is 2.23. The number of thiophene rings is 1. The minimum Gasteiger partial charge on any atom is -0.477 e. The van der Waals surface area contributed by atoms with E-state index in [4.69, 9.17) is 9.94 Å². The number of carboxylic acids is 1. The molecule has 5 nitrogen and oxygen atoms in total. The van der Waals surface area contributed by atoms with E-state index in [1.165, 1.54) is 6.07 Å². The third-order valence-corrected chi connectivity index (χ3v) is 3.35. The van der Waals surface area contributed by atoms with Crippen molar-refractivity contribution >= 4 is 24.0 Å². The molecule has 2 rings (SSSR count). The van der Waals surface area contributed by atoms with E-state index >= 15 is 0 Å². The highest BCUT2D eigenvalue weighted by Gasteiger charge is 2.20. The molecule has 0 amide bonds. The van der Waals surface area contributed by atoms with Crippen LogP contribution in [0.2, 0.25) is 0 Å². The number of pyridine rings is 1. The summed E-state index contributed by atoms with van der Waals surface area (Å²) in [5, 5.41) is 12.3. The van der Waals surface area contributed by atoms with Crippen molar-refractivity contribution in [2.24, 2.45) is 5.16 Å². The van der Waals surface area contributed by atoms with Crippen LogP contribution in [0.25, 0.3) is 0 Å². The van der Waals surface area contributed by atoms with Crippen molar-refractivity contribution < 1.29 is 14.7 Å². The zero-order valence-electron chi connectivity index (χ0n) is 9.31. The van der Waals surface area contributed by atoms with Gasteiger partial charge in [0.1, 0.15) is 4.88 Å². The molecule has 0 aromatic carbocycles. The van der Waals surface area contributed by atoms with Gasteiger partial charge in [0.25, 0.3) is 0 Å². The molecular formula is C12H10N2O3S. The highest BCUT2D eigenvalue weighted by atomic mass is 32.1. The largest absolute Gasteiger partial charge is 0.477 e. The van der Waals surface area contributed by atoms with Crippen LogP contribution in [0.3, 0.4) is 0 Å². The molecule has 6 heteroatoms. The second-order valence-electron chi connectivity index (χ2n) is 3.38. The van der Waals surface area contributed by atoms with Crippen LogP contribution < -0.4 is 0 Å². The van der Waals surface area contributed by atoms with Gasteiger partial charge in [0, 0.05) is 12.9 Å². The summed E-state index contributed by atoms with van der Waals surface area (Å²) in [6.07, 6.45) is 1.11. The maximum absolute atomic E-state index is 10.8. The second kappa shape index (κ2) is 5.42. The Morgan fingerprint density at radius 3 is 2.83 bits per heavy atom. The average Bonchev–Trinajstić information content (AvgIpc) is 2.86. The second-order valence-corrected chi connectivity index (χ2v) is 4.49. The molecule has 2 aromatic heterocycles. The average molecular weight is 262 g/mol. The van der Waals surface area contributed by atoms with Gasteiger partial charge in [0.2, 0.25) is 6.10 Å². The van der Waals surface area contributed by atoms with Crippen molar-refractivity contribution in [1.29, 1.82) is 0 Å². The number of carbonyl (C=O) groups is 1. The maximum Gasteiger partial charge on any atom is 0.345 e. The van der Waals surface area contributed by atoms with E-state index in [1.807, 2.05) is 6.07 Å². The molecule has 0 spiro atoms. The van der Waals surface area contributed by atoms with Gasteiger partial charge in [-0.2, -0.15) is 0 Å². The lowest BCUT2D eigenvalue weighted by Gasteiger charge is -2.11. The number of hydrogen-bond acceptors (Lipinski definition) is 5. The van der Waals surface area contributed by atoms with Gasteiger partial charge in [-0.25, -0.2) is 4.79 Å². The zero-order valence-corrected chi connectivity index (χ0v) is 10.1. The Balaban J connectivity index is 2.35. The molecule has 0 fully saturated rings. The molecule has 0 bridgehead atoms. The standard InChI is InChI=1S/C12H10N2O3S/c1-13-17-11(8-4-2-3-7-14-8)9-5-6-10(18-9)12(15)16/h2-7,11H,1H2,(H,15,16). The first kappa shape index (κ1) is 12.3. The summed E-state index contributed by atoms with van der Waals surface area (Å²) in [6.45, 7) is 3.28. The number of hydrogen-bond donors (Lipinski definition) is 1. The molecule has 18 heavy (non-hydrogen) atoms. The van der Waals surface area contributed by atoms with Crippen LogP contribution in [0.1, 0.15) is 26.3 Å². The predicted octanol–water partition coefficient (Wildman–Crippen LogP) is 2.56. The summed E-state index contributed by atoms with van der Waals surface area (Å²) in [7, 11) is 0. The molecule has 2 heterocycles. The fourth-order valence-electron chi connectivity index (χ4n) is 1.47. The zero-order chi connectivity index (χ0) is 13.0. The van der Waals surface area contributed by atoms with E-state index in [2.05, 4.69) is 16.9 Å². The van der Waals surface area contributed by atoms with Crippen molar-refractivity contribution in [3.63, 3.8) is 0 Å². The Morgan fingerprint density at radius 2 is 2.28 bits per heavy atom. The van der Waals surface area contributed by atoms with Gasteiger partial charge in [-0.3, -0.25) is 4.98 Å². The Bertz CT molecular complexity index is 553. The minimum absolute atomic E-state index is 0.249. The summed E-state index contributed by atoms with van der Waals surface area (Å²) in [4.78, 5) is 21.2. The van der Waals surface area contributed by atoms with Crippen LogP contribution in [-0.4, -0.2) is 22.8 Å². The van der Waals surface area contributed by atoms with Gasteiger partial charge in [0.15, 0.2) is 0 Å². The summed E-state index contributed by atoms with van der Waals surface area (Å²) >= 11 is 1.13. The van der Waals surface area contributed by atoms with Crippen molar-refractivity contribution in [1.82, 2.24) is 4.98 Å². The van der Waals surface area contributed by atoms with Crippen LogP contribution in [0, 0.1) is 0 Å². The quantitative estimate of drug-likeness (QED) is 0.664. The first-order valence-corrected chi connectivity index (χ1v) is 5.90. The smallest absolute Gasteiger partial charge is 0.345 e. The van der Waals surface area contributed by atoms with Crippen LogP contribution in [-0.2, 0) is 4.84 Å². The fourth-order valence-corrected chi connectivity index (χ4v) is 2.35. The van der Waals surface area contributed by atoms with E-state index in [1.54, 1.807) is 24.4 Å². The van der Waals surface area contributed by atoms with Crippen molar-refractivity contribution in [2.45, 2.75) is 6.10 Å². The molecule has 0 radical (unpaired) electrons. The monoisotopic (exact) mass is 262 g/mol. The number of rotatable bonds is 5. The molecule has 1 atom stereocenters. The number of aromatic nitrogens is 1. The summed E-state index contributed by atoms with van der Waals surface area (Å²) in [6, 6.07) is 8.63. The predicted molar refractivity (Wildman–Crippen MR) is 68.0 cm³/mol. The summed E-state index contributed by atoms with van der Waals surface area (Å²) < 4.78 is 0. The number of aromatic carboxylic acids is 1. The molecular weight excluding hydrogens is 252 g/mol. The lowest BCUT2D eigenvalue weighted by Crippen LogP contribution is -2.02. The Hall–Kier alpha value is -2.21. The SMILES string of the molecule is C=NOC(c1ccccn1)c1ccc(C(=O)O)s1. The molecule has 0 saturated carbocycles. The molecule has 2 aromatic rings. The van der Waals surface area contributed by atoms with Gasteiger partial charge in [-0.05, 0) is 24.3 Å². The Kier molecular flexibility index (Phi) is 3.69. The van der Waals surface area contributed by atoms with Gasteiger partial charge in [-0.1, -0.05) is 6.07 Å². The number of nitrogens with zero attached hydrogens (tertiary/aromatic N) is 2. The number of carboxylic acid groups (broad SMARTS) is 1. The minimum atomic E-state index is -0.961. The molecule has 0 aliphatic rings. The van der Waals surface area contributed by atoms with Gasteiger partial charge in [0.05, 0.1) is 10.6 Å². The van der Waals surface area contributed by atoms with Crippen molar-refractivity contribution in [3.05, 3.63) is 52.0 Å². The summed E-state index contributed by atoms with van der Waals surface area (Å²) in [5.74, 6) is -0.961. The van der Waals surface area contributed by atoms with Crippen LogP contribution in [0.4, 0.5) is 0 Å². The Morgan fingerprint density at radius 1 is 1.44 bits per heavy atom. The van der Waals surface area contributed by atoms with E-state index < -0.39 is 12.1 Å². The van der Waals surface area contributed by atoms with Crippen LogP contribution in [0.5, 0.6) is 0 Å². The van der Waals surface area contributed by atoms with Crippen LogP contribution >= 0.6 is 11.3 Å². The highest BCUT2D eigenvalue weighted by Crippen LogP contribution is 2.30. The molecule has 0 saturated heterocycles. The third kappa shape index (κ3) is 2.54. The van der Waals surface area contributed by atoms with Crippen molar-refractivity contribution in [2.75, 3.05) is 0 Å². The highest BCUT2D eigenvalue weighted by molar-refractivity contribution is 7.14. The van der Waals surface area contributed by atoms with E-state index in [9.17, 15) is 4.79 Å². The summed E-state index contributed by atoms with van der Waals surface area (Å²) in [5.41, 5.74) is 0.656. The molecule has 1 N–H and O–H groups in total. The first-order chi connectivity index (χ1) is 8.72. The number of oxime groups is 1. The topological polar surface area (TPSA) is 71.8 Å². The van der Waals surface area contributed by atoms with Crippen LogP contribution in [0.15, 0.2) is 41.7 Å². The fraction of sp³-hybridized carbons (Fsp3) is 0.0833. The Labute approximate surface area is 107 Å². The normalized spacial score (nSPS) is 11.8. The lowest BCUT2D eigenvalue weighted by molar-refractivity contribution is 0.0702. The lowest BCUT2D eigenvalue weighted by atomic mass is 10.2. The maximum atomic E-state index is 10.8. The van der Waals surface area contributed by atoms with E-state index in [0.29, 0.717) is 5.69 Å². The molecule has 92 valence electrons. The van der Waals surface area contributed by atoms with E-state index in [-0.39, 0.29) is 4.88 Å². The first-order valence-electron chi connectivity index (χ1n) is 5.08. The molecule has 0 aliphatic carbocycles. The molecule has 1 unspecified atom stereocenters. The van der Waals surface area contributed by atoms with Crippen molar-refractivity contribution in [3.8, 4) is 0 Å². The van der Waals surface area contributed by atoms with Gasteiger partial charge >= 0.3 is 5.97 Å².